The summed E-state index contributed by atoms with van der Waals surface area (Å²) in [5.41, 5.74) is 0.360. The number of aromatic nitrogens is 2. The number of carbonyl (C=O) groups excluding carboxylic acids is 1. The van der Waals surface area contributed by atoms with Crippen LogP contribution >= 0.6 is 11.6 Å². The van der Waals surface area contributed by atoms with Gasteiger partial charge in [0.15, 0.2) is 0 Å². The van der Waals surface area contributed by atoms with Gasteiger partial charge >= 0.3 is 5.97 Å². The van der Waals surface area contributed by atoms with E-state index in [0.717, 1.165) is 0 Å². The number of ether oxygens (including phenoxy) is 1. The molecule has 1 heterocycles. The first kappa shape index (κ1) is 14.5. The maximum Gasteiger partial charge on any atom is 0.328 e. The van der Waals surface area contributed by atoms with Gasteiger partial charge in [0, 0.05) is 29.4 Å². The molecule has 0 spiro atoms. The molecular formula is C14H14ClFN2O2. The lowest BCUT2D eigenvalue weighted by atomic mass is 10.1. The van der Waals surface area contributed by atoms with Gasteiger partial charge in [-0.1, -0.05) is 17.7 Å². The van der Waals surface area contributed by atoms with E-state index in [4.69, 9.17) is 16.3 Å². The summed E-state index contributed by atoms with van der Waals surface area (Å²) in [6.07, 6.45) is 3.43. The Morgan fingerprint density at radius 1 is 1.55 bits per heavy atom. The van der Waals surface area contributed by atoms with Crippen molar-refractivity contribution in [2.75, 3.05) is 7.11 Å². The fourth-order valence-electron chi connectivity index (χ4n) is 1.98. The minimum absolute atomic E-state index is 0.208. The van der Waals surface area contributed by atoms with E-state index in [0.29, 0.717) is 16.4 Å². The summed E-state index contributed by atoms with van der Waals surface area (Å²) in [4.78, 5) is 15.7. The van der Waals surface area contributed by atoms with Crippen molar-refractivity contribution in [1.82, 2.24) is 9.55 Å². The van der Waals surface area contributed by atoms with Crippen LogP contribution in [0.4, 0.5) is 4.39 Å². The maximum atomic E-state index is 13.8. The van der Waals surface area contributed by atoms with Gasteiger partial charge < -0.3 is 9.30 Å². The molecule has 0 aliphatic heterocycles. The van der Waals surface area contributed by atoms with Gasteiger partial charge in [-0.2, -0.15) is 0 Å². The third kappa shape index (κ3) is 2.82. The Hall–Kier alpha value is -1.88. The summed E-state index contributed by atoms with van der Waals surface area (Å²) in [5, 5.41) is 0.338. The summed E-state index contributed by atoms with van der Waals surface area (Å²) in [5.74, 6) is -0.225. The third-order valence-corrected chi connectivity index (χ3v) is 3.46. The molecule has 2 rings (SSSR count). The predicted molar refractivity (Wildman–Crippen MR) is 73.2 cm³/mol. The standard InChI is InChI=1S/C14H14ClFN2O2/c1-9(14(19)20-2)18-7-6-17-13(18)8-10-11(15)4-3-5-12(10)16/h3-7,9H,8H2,1-2H3. The Kier molecular flexibility index (Phi) is 4.39. The number of halogens is 2. The first-order valence-corrected chi connectivity index (χ1v) is 6.44. The van der Waals surface area contributed by atoms with Crippen LogP contribution in [0.25, 0.3) is 0 Å². The monoisotopic (exact) mass is 296 g/mol. The molecule has 0 aliphatic rings. The van der Waals surface area contributed by atoms with Crippen molar-refractivity contribution in [1.29, 1.82) is 0 Å². The number of imidazole rings is 1. The van der Waals surface area contributed by atoms with Crippen molar-refractivity contribution in [3.05, 3.63) is 52.8 Å². The van der Waals surface area contributed by atoms with Crippen LogP contribution < -0.4 is 0 Å². The van der Waals surface area contributed by atoms with E-state index in [1.54, 1.807) is 36.0 Å². The normalized spacial score (nSPS) is 12.2. The molecule has 4 nitrogen and oxygen atoms in total. The van der Waals surface area contributed by atoms with Gasteiger partial charge in [-0.15, -0.1) is 0 Å². The van der Waals surface area contributed by atoms with E-state index < -0.39 is 11.9 Å². The largest absolute Gasteiger partial charge is 0.467 e. The van der Waals surface area contributed by atoms with Gasteiger partial charge in [-0.05, 0) is 19.1 Å². The number of rotatable bonds is 4. The fraction of sp³-hybridized carbons (Fsp3) is 0.286. The first-order chi connectivity index (χ1) is 9.54. The molecule has 0 saturated carbocycles. The van der Waals surface area contributed by atoms with Crippen molar-refractivity contribution in [2.24, 2.45) is 0 Å². The summed E-state index contributed by atoms with van der Waals surface area (Å²) >= 11 is 6.00. The number of esters is 1. The highest BCUT2D eigenvalue weighted by Crippen LogP contribution is 2.23. The molecule has 0 N–H and O–H groups in total. The molecule has 2 aromatic rings. The van der Waals surface area contributed by atoms with Gasteiger partial charge in [0.25, 0.3) is 0 Å². The topological polar surface area (TPSA) is 44.1 Å². The molecule has 1 unspecified atom stereocenters. The average molecular weight is 297 g/mol. The molecule has 0 bridgehead atoms. The summed E-state index contributed by atoms with van der Waals surface area (Å²) in [6, 6.07) is 3.99. The second-order valence-corrected chi connectivity index (χ2v) is 4.73. The SMILES string of the molecule is COC(=O)C(C)n1ccnc1Cc1c(F)cccc1Cl. The molecule has 1 aromatic carbocycles. The van der Waals surface area contributed by atoms with Crippen LogP contribution in [0.1, 0.15) is 24.4 Å². The summed E-state index contributed by atoms with van der Waals surface area (Å²) in [7, 11) is 1.32. The summed E-state index contributed by atoms with van der Waals surface area (Å²) < 4.78 is 20.1. The first-order valence-electron chi connectivity index (χ1n) is 6.07. The Balaban J connectivity index is 2.32. The minimum Gasteiger partial charge on any atom is -0.467 e. The van der Waals surface area contributed by atoms with Crippen LogP contribution in [0, 0.1) is 5.82 Å². The van der Waals surface area contributed by atoms with E-state index in [1.807, 2.05) is 0 Å². The zero-order chi connectivity index (χ0) is 14.7. The molecule has 0 fully saturated rings. The van der Waals surface area contributed by atoms with Gasteiger partial charge in [0.05, 0.1) is 7.11 Å². The van der Waals surface area contributed by atoms with Crippen molar-refractivity contribution < 1.29 is 13.9 Å². The second-order valence-electron chi connectivity index (χ2n) is 4.33. The molecule has 106 valence electrons. The lowest BCUT2D eigenvalue weighted by Gasteiger charge is -2.14. The Morgan fingerprint density at radius 3 is 2.95 bits per heavy atom. The smallest absolute Gasteiger partial charge is 0.328 e. The Labute approximate surface area is 121 Å². The molecule has 6 heteroatoms. The van der Waals surface area contributed by atoms with Crippen molar-refractivity contribution in [3.8, 4) is 0 Å². The number of methoxy groups -OCH3 is 1. The quantitative estimate of drug-likeness (QED) is 0.815. The molecule has 0 radical (unpaired) electrons. The lowest BCUT2D eigenvalue weighted by molar-refractivity contribution is -0.144. The van der Waals surface area contributed by atoms with Gasteiger partial charge in [-0.3, -0.25) is 0 Å². The van der Waals surface area contributed by atoms with Crippen LogP contribution in [-0.4, -0.2) is 22.6 Å². The number of carbonyl (C=O) groups is 1. The van der Waals surface area contributed by atoms with E-state index in [1.165, 1.54) is 13.2 Å². The van der Waals surface area contributed by atoms with Gasteiger partial charge in [0.1, 0.15) is 17.7 Å². The van der Waals surface area contributed by atoms with E-state index in [2.05, 4.69) is 4.98 Å². The fourth-order valence-corrected chi connectivity index (χ4v) is 2.21. The average Bonchev–Trinajstić information content (AvgIpc) is 2.89. The van der Waals surface area contributed by atoms with Crippen LogP contribution in [0.3, 0.4) is 0 Å². The number of hydrogen-bond acceptors (Lipinski definition) is 3. The Morgan fingerprint density at radius 2 is 2.30 bits per heavy atom. The molecule has 0 amide bonds. The van der Waals surface area contributed by atoms with Gasteiger partial charge in [0.2, 0.25) is 0 Å². The second kappa shape index (κ2) is 6.05. The van der Waals surface area contributed by atoms with Crippen LogP contribution in [0.5, 0.6) is 0 Å². The molecule has 20 heavy (non-hydrogen) atoms. The summed E-state index contributed by atoms with van der Waals surface area (Å²) in [6.45, 7) is 1.69. The van der Waals surface area contributed by atoms with Crippen molar-refractivity contribution in [2.45, 2.75) is 19.4 Å². The van der Waals surface area contributed by atoms with Crippen LogP contribution in [0.2, 0.25) is 5.02 Å². The molecule has 0 aliphatic carbocycles. The zero-order valence-corrected chi connectivity index (χ0v) is 11.9. The van der Waals surface area contributed by atoms with E-state index >= 15 is 0 Å². The zero-order valence-electron chi connectivity index (χ0n) is 11.1. The highest BCUT2D eigenvalue weighted by atomic mass is 35.5. The predicted octanol–water partition coefficient (Wildman–Crippen LogP) is 3.00. The number of hydrogen-bond donors (Lipinski definition) is 0. The minimum atomic E-state index is -0.525. The molecular weight excluding hydrogens is 283 g/mol. The van der Waals surface area contributed by atoms with E-state index in [-0.39, 0.29) is 12.4 Å². The molecule has 1 aromatic heterocycles. The maximum absolute atomic E-state index is 13.8. The Bertz CT molecular complexity index is 607. The van der Waals surface area contributed by atoms with Gasteiger partial charge in [-0.25, -0.2) is 14.2 Å². The van der Waals surface area contributed by atoms with Crippen molar-refractivity contribution >= 4 is 17.6 Å². The third-order valence-electron chi connectivity index (χ3n) is 3.11. The molecule has 1 atom stereocenters. The number of nitrogens with zero attached hydrogens (tertiary/aromatic N) is 2. The molecule has 0 saturated heterocycles. The highest BCUT2D eigenvalue weighted by molar-refractivity contribution is 6.31. The highest BCUT2D eigenvalue weighted by Gasteiger charge is 2.19. The van der Waals surface area contributed by atoms with Crippen molar-refractivity contribution in [3.63, 3.8) is 0 Å². The number of benzene rings is 1. The van der Waals surface area contributed by atoms with Crippen LogP contribution in [-0.2, 0) is 16.0 Å². The lowest BCUT2D eigenvalue weighted by Crippen LogP contribution is -2.19. The van der Waals surface area contributed by atoms with Crippen LogP contribution in [0.15, 0.2) is 30.6 Å². The van der Waals surface area contributed by atoms with E-state index in [9.17, 15) is 9.18 Å².